The molecule has 12 heteroatoms. The van der Waals surface area contributed by atoms with Gasteiger partial charge in [0.1, 0.15) is 12.2 Å². The summed E-state index contributed by atoms with van der Waals surface area (Å²) in [7, 11) is 1.26. The maximum absolute atomic E-state index is 14.6. The Kier molecular flexibility index (Phi) is 20.9. The standard InChI is InChI=1S/C61H89N2O9P/c1-11-53-61(8,69)56(66)46(6)63(41-42(2)40-60(7,68)57(43(3)38-44(4)58(67)71-53)72-59-55(65)51(62(9)10)39-45(5)70-59)54(64)36-24-13-12-14-27-37-73(48-30-20-16-21-31-48,49-32-22-17-23-33-49)52-35-26-25-34-50(52)47-28-18-15-19-29-47/h15-23,25-26,28-35,42-46,51,53,55-57,59,65-66,68-69,73H,11-14,24,27,36-41H2,1-10H3/t42-,43+,44-,45-,46-,51+,53-,55-,56-,57-,59+,60-,61-/m1/s1. The number of rotatable bonds is 16. The third-order valence-corrected chi connectivity index (χ3v) is 21.3. The van der Waals surface area contributed by atoms with E-state index in [1.165, 1.54) is 34.0 Å². The molecule has 0 spiro atoms. The Labute approximate surface area is 438 Å². The van der Waals surface area contributed by atoms with Gasteiger partial charge < -0.3 is 34.4 Å². The minimum absolute atomic E-state index is 0.155. The summed E-state index contributed by atoms with van der Waals surface area (Å²) in [5.41, 5.74) is -0.903. The van der Waals surface area contributed by atoms with Gasteiger partial charge in [0.15, 0.2) is 6.29 Å². The van der Waals surface area contributed by atoms with Crippen LogP contribution in [-0.2, 0) is 23.8 Å². The fourth-order valence-corrected chi connectivity index (χ4v) is 17.5. The Hall–Kier alpha value is -4.03. The number of cyclic esters (lactones) is 1. The van der Waals surface area contributed by atoms with Crippen molar-refractivity contribution in [2.75, 3.05) is 26.8 Å². The Morgan fingerprint density at radius 3 is 1.95 bits per heavy atom. The Morgan fingerprint density at radius 2 is 1.34 bits per heavy atom. The number of aliphatic hydroxyl groups is 4. The number of unbranched alkanes of at least 4 members (excludes halogenated alkanes) is 4. The Bertz CT molecular complexity index is 2280. The Morgan fingerprint density at radius 1 is 0.781 bits per heavy atom. The molecule has 0 unspecified atom stereocenters. The fourth-order valence-electron chi connectivity index (χ4n) is 12.3. The van der Waals surface area contributed by atoms with E-state index in [9.17, 15) is 30.0 Å². The SMILES string of the molecule is CC[C@H]1OC(=O)[C@H](C)C[C@H](C)[C@@H](O[C@@H]2O[C@H](C)C[C@H](N(C)C)[C@H]2O)[C@](C)(O)C[C@@H](C)CN(C(=O)CCCCCCC[PH](c2ccccc2)(c2ccccc2)c2ccccc2-c2ccccc2)[C@H](C)[C@@H](O)[C@]1(C)O. The van der Waals surface area contributed by atoms with Crippen LogP contribution >= 0.6 is 7.26 Å². The maximum atomic E-state index is 14.6. The van der Waals surface area contributed by atoms with Crippen LogP contribution in [0.25, 0.3) is 11.1 Å². The van der Waals surface area contributed by atoms with Crippen molar-refractivity contribution in [3.8, 4) is 11.1 Å². The van der Waals surface area contributed by atoms with E-state index < -0.39 is 73.0 Å². The second-order valence-electron chi connectivity index (χ2n) is 22.5. The van der Waals surface area contributed by atoms with E-state index in [1.54, 1.807) is 32.6 Å². The third kappa shape index (κ3) is 14.1. The van der Waals surface area contributed by atoms with Gasteiger partial charge >= 0.3 is 271 Å². The van der Waals surface area contributed by atoms with E-state index in [0.29, 0.717) is 12.8 Å². The average molecular weight is 1030 g/mol. The number of nitrogens with zero attached hydrogens (tertiary/aromatic N) is 2. The zero-order chi connectivity index (χ0) is 53.1. The summed E-state index contributed by atoms with van der Waals surface area (Å²) in [4.78, 5) is 32.0. The number of aliphatic hydroxyl groups excluding tert-OH is 2. The number of benzene rings is 4. The quantitative estimate of drug-likeness (QED) is 0.0489. The Balaban J connectivity index is 1.20. The number of hydrogen-bond acceptors (Lipinski definition) is 10. The van der Waals surface area contributed by atoms with Gasteiger partial charge in [-0.25, -0.2) is 0 Å². The summed E-state index contributed by atoms with van der Waals surface area (Å²) in [6.45, 7) is 14.5. The predicted molar refractivity (Wildman–Crippen MR) is 297 cm³/mol. The molecule has 2 fully saturated rings. The molecule has 2 saturated heterocycles. The molecule has 11 nitrogen and oxygen atoms in total. The number of esters is 1. The monoisotopic (exact) mass is 1020 g/mol. The van der Waals surface area contributed by atoms with E-state index in [0.717, 1.165) is 31.8 Å². The molecule has 6 rings (SSSR count). The molecular formula is C61H89N2O9P. The van der Waals surface area contributed by atoms with Crippen LogP contribution in [0.1, 0.15) is 120 Å². The van der Waals surface area contributed by atoms with Crippen LogP contribution < -0.4 is 15.9 Å². The van der Waals surface area contributed by atoms with Gasteiger partial charge in [0.2, 0.25) is 0 Å². The van der Waals surface area contributed by atoms with Crippen molar-refractivity contribution >= 4 is 35.1 Å². The van der Waals surface area contributed by atoms with E-state index in [-0.39, 0.29) is 56.2 Å². The van der Waals surface area contributed by atoms with Gasteiger partial charge in [-0.3, -0.25) is 4.79 Å². The van der Waals surface area contributed by atoms with Crippen LogP contribution in [0.2, 0.25) is 0 Å². The summed E-state index contributed by atoms with van der Waals surface area (Å²) in [5.74, 6) is -2.07. The van der Waals surface area contributed by atoms with Crippen molar-refractivity contribution in [3.63, 3.8) is 0 Å². The summed E-state index contributed by atoms with van der Waals surface area (Å²) >= 11 is 0. The molecule has 1 amide bonds. The van der Waals surface area contributed by atoms with Crippen molar-refractivity contribution < 1.29 is 44.2 Å². The second kappa shape index (κ2) is 26.1. The summed E-state index contributed by atoms with van der Waals surface area (Å²) in [5, 5.41) is 52.3. The summed E-state index contributed by atoms with van der Waals surface area (Å²) < 4.78 is 18.9. The molecular weight excluding hydrogens is 936 g/mol. The van der Waals surface area contributed by atoms with Crippen LogP contribution in [0, 0.1) is 17.8 Å². The number of amides is 1. The minimum Gasteiger partial charge on any atom is -0.383 e. The molecule has 4 N–H and O–H groups in total. The molecule has 0 radical (unpaired) electrons. The van der Waals surface area contributed by atoms with Crippen molar-refractivity contribution in [1.29, 1.82) is 0 Å². The number of carbonyl (C=O) groups is 2. The van der Waals surface area contributed by atoms with Crippen molar-refractivity contribution in [3.05, 3.63) is 115 Å². The van der Waals surface area contributed by atoms with Gasteiger partial charge in [0.25, 0.3) is 0 Å². The van der Waals surface area contributed by atoms with Gasteiger partial charge in [0.05, 0.1) is 23.7 Å². The first-order chi connectivity index (χ1) is 34.7. The number of hydrogen-bond donors (Lipinski definition) is 4. The van der Waals surface area contributed by atoms with Crippen LogP contribution in [0.4, 0.5) is 0 Å². The van der Waals surface area contributed by atoms with Crippen LogP contribution in [-0.4, -0.2) is 129 Å². The van der Waals surface area contributed by atoms with E-state index in [4.69, 9.17) is 14.2 Å². The van der Waals surface area contributed by atoms with Gasteiger partial charge in [-0.2, -0.15) is 0 Å². The fraction of sp³-hybridized carbons (Fsp3) is 0.574. The molecule has 2 aliphatic rings. The number of carbonyl (C=O) groups excluding carboxylic acids is 2. The van der Waals surface area contributed by atoms with E-state index >= 15 is 0 Å². The molecule has 2 aliphatic heterocycles. The smallest absolute Gasteiger partial charge is 0.383 e. The van der Waals surface area contributed by atoms with Gasteiger partial charge in [-0.15, -0.1) is 0 Å². The van der Waals surface area contributed by atoms with E-state index in [2.05, 4.69) is 115 Å². The predicted octanol–water partition coefficient (Wildman–Crippen LogP) is 8.64. The van der Waals surface area contributed by atoms with Crippen molar-refractivity contribution in [2.24, 2.45) is 17.8 Å². The van der Waals surface area contributed by atoms with Crippen LogP contribution in [0.3, 0.4) is 0 Å². The summed E-state index contributed by atoms with van der Waals surface area (Å²) in [6, 6.07) is 40.7. The third-order valence-electron chi connectivity index (χ3n) is 16.2. The summed E-state index contributed by atoms with van der Waals surface area (Å²) in [6.07, 6.45) is 1.40. The van der Waals surface area contributed by atoms with Gasteiger partial charge in [-0.05, 0) is 60.0 Å². The molecule has 2 heterocycles. The normalized spacial score (nSPS) is 31.3. The number of likely N-dealkylation sites (N-methyl/N-ethyl adjacent to an activating group) is 1. The van der Waals surface area contributed by atoms with E-state index in [1.807, 2.05) is 39.8 Å². The molecule has 0 aliphatic carbocycles. The number of ether oxygens (including phenoxy) is 3. The zero-order valence-corrected chi connectivity index (χ0v) is 46.5. The molecule has 0 saturated carbocycles. The molecule has 0 aromatic heterocycles. The average Bonchev–Trinajstić information content (AvgIpc) is 3.37. The first-order valence-electron chi connectivity index (χ1n) is 27.3. The van der Waals surface area contributed by atoms with Crippen LogP contribution in [0.5, 0.6) is 0 Å². The first kappa shape index (κ1) is 58.2. The first-order valence-corrected chi connectivity index (χ1v) is 29.5. The van der Waals surface area contributed by atoms with Crippen molar-refractivity contribution in [1.82, 2.24) is 9.80 Å². The molecule has 402 valence electrons. The zero-order valence-electron chi connectivity index (χ0n) is 45.5. The van der Waals surface area contributed by atoms with Crippen LogP contribution in [0.15, 0.2) is 115 Å². The minimum atomic E-state index is -2.56. The van der Waals surface area contributed by atoms with Gasteiger partial charge in [0, 0.05) is 6.04 Å². The molecule has 4 aromatic carbocycles. The van der Waals surface area contributed by atoms with Crippen molar-refractivity contribution in [2.45, 2.75) is 180 Å². The van der Waals surface area contributed by atoms with Gasteiger partial charge in [-0.1, -0.05) is 20.8 Å². The molecule has 13 atom stereocenters. The second-order valence-corrected chi connectivity index (χ2v) is 26.5. The topological polar surface area (TPSA) is 149 Å². The molecule has 4 aromatic rings. The molecule has 0 bridgehead atoms. The molecule has 73 heavy (non-hydrogen) atoms.